The van der Waals surface area contributed by atoms with Gasteiger partial charge in [-0.05, 0) is 71.0 Å². The second-order valence-corrected chi connectivity index (χ2v) is 9.83. The zero-order valence-corrected chi connectivity index (χ0v) is 21.0. The van der Waals surface area contributed by atoms with E-state index in [4.69, 9.17) is 0 Å². The number of piperazine rings is 1. The summed E-state index contributed by atoms with van der Waals surface area (Å²) in [4.78, 5) is 18.9. The summed E-state index contributed by atoms with van der Waals surface area (Å²) in [5, 5.41) is 16.6. The molecule has 1 N–H and O–H groups in total. The fourth-order valence-electron chi connectivity index (χ4n) is 5.25. The van der Waals surface area contributed by atoms with Crippen LogP contribution in [-0.4, -0.2) is 87.5 Å². The first-order valence-corrected chi connectivity index (χ1v) is 12.9. The van der Waals surface area contributed by atoms with Gasteiger partial charge < -0.3 is 20.0 Å². The Morgan fingerprint density at radius 3 is 2.49 bits per heavy atom. The van der Waals surface area contributed by atoms with Gasteiger partial charge in [0, 0.05) is 62.6 Å². The predicted octanol–water partition coefficient (Wildman–Crippen LogP) is 3.23. The molecule has 0 aliphatic carbocycles. The standard InChI is InChI=1S/C26H36N8O/c1-4-27-26(35)33-15-13-32(14-16-33)24-7-10-28-34-18-21(17-25(24)34)23-6-5-22(29-30-23)20-8-11-31(12-9-20)19(2)3/h5-7,10,17-20H,4,8-9,11-16H2,1-3H3,(H,27,35). The highest BCUT2D eigenvalue weighted by Gasteiger charge is 2.24. The summed E-state index contributed by atoms with van der Waals surface area (Å²) in [6, 6.07) is 9.06. The van der Waals surface area contributed by atoms with Crippen LogP contribution in [0.2, 0.25) is 0 Å². The lowest BCUT2D eigenvalue weighted by atomic mass is 9.92. The van der Waals surface area contributed by atoms with E-state index < -0.39 is 0 Å². The average Bonchev–Trinajstić information content (AvgIpc) is 3.34. The summed E-state index contributed by atoms with van der Waals surface area (Å²) >= 11 is 0. The third kappa shape index (κ3) is 4.96. The van der Waals surface area contributed by atoms with Crippen molar-refractivity contribution in [1.29, 1.82) is 0 Å². The molecule has 35 heavy (non-hydrogen) atoms. The van der Waals surface area contributed by atoms with Gasteiger partial charge in [0.05, 0.1) is 22.6 Å². The molecular weight excluding hydrogens is 440 g/mol. The normalized spacial score (nSPS) is 17.9. The first-order chi connectivity index (χ1) is 17.0. The minimum absolute atomic E-state index is 0.0180. The van der Waals surface area contributed by atoms with E-state index >= 15 is 0 Å². The third-order valence-electron chi connectivity index (χ3n) is 7.38. The van der Waals surface area contributed by atoms with Crippen molar-refractivity contribution in [2.45, 2.75) is 45.6 Å². The first kappa shape index (κ1) is 23.5. The van der Waals surface area contributed by atoms with E-state index in [1.165, 1.54) is 0 Å². The Morgan fingerprint density at radius 2 is 1.83 bits per heavy atom. The first-order valence-electron chi connectivity index (χ1n) is 12.9. The zero-order chi connectivity index (χ0) is 24.4. The Bertz CT molecular complexity index is 1140. The molecule has 0 unspecified atom stereocenters. The number of urea groups is 1. The van der Waals surface area contributed by atoms with Crippen LogP contribution in [0.1, 0.15) is 45.2 Å². The number of hydrogen-bond acceptors (Lipinski definition) is 6. The molecule has 2 aliphatic heterocycles. The molecule has 2 fully saturated rings. The lowest BCUT2D eigenvalue weighted by Gasteiger charge is -2.36. The van der Waals surface area contributed by atoms with E-state index in [0.717, 1.165) is 67.2 Å². The van der Waals surface area contributed by atoms with Crippen LogP contribution in [0.5, 0.6) is 0 Å². The summed E-state index contributed by atoms with van der Waals surface area (Å²) < 4.78 is 1.91. The largest absolute Gasteiger partial charge is 0.366 e. The molecule has 186 valence electrons. The molecule has 0 spiro atoms. The monoisotopic (exact) mass is 476 g/mol. The molecule has 0 aromatic carbocycles. The van der Waals surface area contributed by atoms with Crippen molar-refractivity contribution in [2.24, 2.45) is 0 Å². The van der Waals surface area contributed by atoms with Crippen LogP contribution < -0.4 is 10.2 Å². The van der Waals surface area contributed by atoms with Crippen LogP contribution in [-0.2, 0) is 0 Å². The highest BCUT2D eigenvalue weighted by atomic mass is 16.2. The topological polar surface area (TPSA) is 81.9 Å². The van der Waals surface area contributed by atoms with Crippen LogP contribution in [0.4, 0.5) is 10.5 Å². The highest BCUT2D eigenvalue weighted by Crippen LogP contribution is 2.30. The minimum Gasteiger partial charge on any atom is -0.366 e. The van der Waals surface area contributed by atoms with Gasteiger partial charge in [-0.1, -0.05) is 0 Å². The fraction of sp³-hybridized carbons (Fsp3) is 0.538. The number of anilines is 1. The van der Waals surface area contributed by atoms with Crippen LogP contribution >= 0.6 is 0 Å². The van der Waals surface area contributed by atoms with Gasteiger partial charge in [0.15, 0.2) is 0 Å². The zero-order valence-electron chi connectivity index (χ0n) is 21.0. The SMILES string of the molecule is CCNC(=O)N1CCN(c2ccnn3cc(-c4ccc(C5CCN(C(C)C)CC5)nn4)cc23)CC1. The number of hydrogen-bond donors (Lipinski definition) is 1. The molecule has 0 radical (unpaired) electrons. The molecule has 0 atom stereocenters. The molecule has 0 saturated carbocycles. The Morgan fingerprint density at radius 1 is 1.06 bits per heavy atom. The van der Waals surface area contributed by atoms with Gasteiger partial charge in [0.2, 0.25) is 0 Å². The number of nitrogens with one attached hydrogen (secondary N) is 1. The average molecular weight is 477 g/mol. The number of fused-ring (bicyclic) bond motifs is 1. The van der Waals surface area contributed by atoms with Crippen molar-refractivity contribution in [1.82, 2.24) is 34.9 Å². The molecule has 5 heterocycles. The van der Waals surface area contributed by atoms with Gasteiger partial charge in [-0.2, -0.15) is 15.3 Å². The lowest BCUT2D eigenvalue weighted by molar-refractivity contribution is 0.170. The number of rotatable bonds is 5. The second kappa shape index (κ2) is 10.2. The van der Waals surface area contributed by atoms with E-state index in [0.29, 0.717) is 31.6 Å². The van der Waals surface area contributed by atoms with Crippen molar-refractivity contribution >= 4 is 17.2 Å². The Balaban J connectivity index is 1.29. The molecule has 0 bridgehead atoms. The minimum atomic E-state index is 0.0180. The van der Waals surface area contributed by atoms with Crippen molar-refractivity contribution in [3.05, 3.63) is 42.4 Å². The third-order valence-corrected chi connectivity index (χ3v) is 7.38. The van der Waals surface area contributed by atoms with Gasteiger partial charge in [-0.15, -0.1) is 0 Å². The van der Waals surface area contributed by atoms with Gasteiger partial charge >= 0.3 is 6.03 Å². The molecule has 9 heteroatoms. The fourth-order valence-corrected chi connectivity index (χ4v) is 5.25. The molecular formula is C26H36N8O. The molecule has 2 saturated heterocycles. The molecule has 3 aromatic heterocycles. The summed E-state index contributed by atoms with van der Waals surface area (Å²) in [5.74, 6) is 0.492. The molecule has 3 aromatic rings. The van der Waals surface area contributed by atoms with Gasteiger partial charge in [0.25, 0.3) is 0 Å². The van der Waals surface area contributed by atoms with Crippen molar-refractivity contribution in [2.75, 3.05) is 50.7 Å². The number of carbonyl (C=O) groups excluding carboxylic acids is 1. The molecule has 5 rings (SSSR count). The predicted molar refractivity (Wildman–Crippen MR) is 138 cm³/mol. The highest BCUT2D eigenvalue weighted by molar-refractivity contribution is 5.79. The van der Waals surface area contributed by atoms with E-state index in [9.17, 15) is 4.79 Å². The second-order valence-electron chi connectivity index (χ2n) is 9.83. The molecule has 9 nitrogen and oxygen atoms in total. The van der Waals surface area contributed by atoms with Crippen LogP contribution in [0, 0.1) is 0 Å². The van der Waals surface area contributed by atoms with E-state index in [-0.39, 0.29) is 6.03 Å². The smallest absolute Gasteiger partial charge is 0.317 e. The quantitative estimate of drug-likeness (QED) is 0.609. The van der Waals surface area contributed by atoms with Crippen molar-refractivity contribution in [3.63, 3.8) is 0 Å². The van der Waals surface area contributed by atoms with E-state index in [2.05, 4.69) is 68.5 Å². The van der Waals surface area contributed by atoms with Gasteiger partial charge in [-0.3, -0.25) is 0 Å². The number of amides is 2. The summed E-state index contributed by atoms with van der Waals surface area (Å²) in [7, 11) is 0. The number of nitrogens with zero attached hydrogens (tertiary/aromatic N) is 7. The maximum absolute atomic E-state index is 12.1. The lowest BCUT2D eigenvalue weighted by Crippen LogP contribution is -2.51. The Hall–Kier alpha value is -3.20. The van der Waals surface area contributed by atoms with E-state index in [1.807, 2.05) is 28.7 Å². The van der Waals surface area contributed by atoms with Crippen LogP contribution in [0.15, 0.2) is 36.7 Å². The number of piperidine rings is 1. The summed E-state index contributed by atoms with van der Waals surface area (Å²) in [6.07, 6.45) is 6.14. The van der Waals surface area contributed by atoms with Gasteiger partial charge in [-0.25, -0.2) is 9.31 Å². The van der Waals surface area contributed by atoms with E-state index in [1.54, 1.807) is 0 Å². The maximum atomic E-state index is 12.1. The van der Waals surface area contributed by atoms with Crippen LogP contribution in [0.3, 0.4) is 0 Å². The number of aromatic nitrogens is 4. The van der Waals surface area contributed by atoms with Crippen molar-refractivity contribution in [3.8, 4) is 11.3 Å². The number of carbonyl (C=O) groups is 1. The van der Waals surface area contributed by atoms with Gasteiger partial charge in [0.1, 0.15) is 0 Å². The summed E-state index contributed by atoms with van der Waals surface area (Å²) in [6.45, 7) is 12.4. The number of likely N-dealkylation sites (tertiary alicyclic amines) is 1. The molecule has 2 amide bonds. The Kier molecular flexibility index (Phi) is 6.86. The maximum Gasteiger partial charge on any atom is 0.317 e. The Labute approximate surface area is 207 Å². The van der Waals surface area contributed by atoms with Crippen LogP contribution in [0.25, 0.3) is 16.8 Å². The summed E-state index contributed by atoms with van der Waals surface area (Å²) in [5.41, 5.74) is 5.15. The molecule has 2 aliphatic rings. The van der Waals surface area contributed by atoms with Crippen molar-refractivity contribution < 1.29 is 4.79 Å².